The molecule has 1 aliphatic heterocycles. The lowest BCUT2D eigenvalue weighted by molar-refractivity contribution is 0.0971. The molecule has 0 N–H and O–H groups in total. The van der Waals surface area contributed by atoms with Crippen LogP contribution >= 0.6 is 23.2 Å². The first-order valence-corrected chi connectivity index (χ1v) is 10.5. The van der Waals surface area contributed by atoms with Crippen molar-refractivity contribution in [3.05, 3.63) is 109 Å². The zero-order chi connectivity index (χ0) is 21.9. The molecular formula is C25H17Cl2NO3. The Morgan fingerprint density at radius 2 is 1.58 bits per heavy atom. The molecule has 31 heavy (non-hydrogen) atoms. The number of para-hydroxylation sites is 1. The predicted octanol–water partition coefficient (Wildman–Crippen LogP) is 6.47. The van der Waals surface area contributed by atoms with Gasteiger partial charge in [0.05, 0.1) is 27.0 Å². The van der Waals surface area contributed by atoms with Gasteiger partial charge in [0.15, 0.2) is 5.43 Å². The van der Waals surface area contributed by atoms with Gasteiger partial charge in [0.1, 0.15) is 5.58 Å². The summed E-state index contributed by atoms with van der Waals surface area (Å²) in [4.78, 5) is 28.7. The molecule has 1 aromatic heterocycles. The third kappa shape index (κ3) is 3.06. The number of halogens is 2. The van der Waals surface area contributed by atoms with E-state index in [4.69, 9.17) is 27.6 Å². The first-order chi connectivity index (χ1) is 14.9. The molecule has 0 saturated heterocycles. The molecule has 6 heteroatoms. The van der Waals surface area contributed by atoms with E-state index in [0.717, 1.165) is 11.1 Å². The summed E-state index contributed by atoms with van der Waals surface area (Å²) in [5, 5.41) is 1.21. The first-order valence-electron chi connectivity index (χ1n) is 9.78. The first kappa shape index (κ1) is 19.9. The minimum atomic E-state index is -0.679. The van der Waals surface area contributed by atoms with E-state index in [9.17, 15) is 9.59 Å². The summed E-state index contributed by atoms with van der Waals surface area (Å²) in [5.41, 5.74) is 3.80. The van der Waals surface area contributed by atoms with Crippen LogP contribution in [0.3, 0.4) is 0 Å². The highest BCUT2D eigenvalue weighted by Crippen LogP contribution is 2.42. The maximum Gasteiger partial charge on any atom is 0.295 e. The van der Waals surface area contributed by atoms with E-state index in [1.807, 2.05) is 50.2 Å². The lowest BCUT2D eigenvalue weighted by atomic mass is 9.97. The second-order valence-corrected chi connectivity index (χ2v) is 8.51. The van der Waals surface area contributed by atoms with E-state index in [1.54, 1.807) is 29.2 Å². The summed E-state index contributed by atoms with van der Waals surface area (Å²) >= 11 is 12.4. The third-order valence-electron chi connectivity index (χ3n) is 5.78. The van der Waals surface area contributed by atoms with Crippen molar-refractivity contribution in [3.63, 3.8) is 0 Å². The largest absolute Gasteiger partial charge is 0.450 e. The number of rotatable bonds is 2. The molecule has 4 nitrogen and oxygen atoms in total. The van der Waals surface area contributed by atoms with E-state index < -0.39 is 6.04 Å². The molecule has 0 saturated carbocycles. The zero-order valence-corrected chi connectivity index (χ0v) is 18.3. The van der Waals surface area contributed by atoms with Gasteiger partial charge in [-0.25, -0.2) is 0 Å². The van der Waals surface area contributed by atoms with Crippen LogP contribution in [0.1, 0.15) is 38.9 Å². The molecular weight excluding hydrogens is 433 g/mol. The van der Waals surface area contributed by atoms with Crippen molar-refractivity contribution in [2.75, 3.05) is 4.90 Å². The molecule has 1 amide bonds. The molecule has 1 unspecified atom stereocenters. The van der Waals surface area contributed by atoms with Crippen LogP contribution in [-0.4, -0.2) is 5.91 Å². The summed E-state index contributed by atoms with van der Waals surface area (Å²) in [7, 11) is 0. The van der Waals surface area contributed by atoms with E-state index in [1.165, 1.54) is 0 Å². The Morgan fingerprint density at radius 3 is 2.29 bits per heavy atom. The molecule has 4 aromatic rings. The van der Waals surface area contributed by atoms with Gasteiger partial charge in [0.2, 0.25) is 5.76 Å². The lowest BCUT2D eigenvalue weighted by Gasteiger charge is -2.25. The minimum Gasteiger partial charge on any atom is -0.450 e. The zero-order valence-electron chi connectivity index (χ0n) is 16.8. The highest BCUT2D eigenvalue weighted by molar-refractivity contribution is 6.42. The van der Waals surface area contributed by atoms with E-state index in [2.05, 4.69) is 0 Å². The molecule has 0 radical (unpaired) electrons. The van der Waals surface area contributed by atoms with Gasteiger partial charge in [-0.05, 0) is 66.9 Å². The molecule has 0 bridgehead atoms. The van der Waals surface area contributed by atoms with Crippen molar-refractivity contribution < 1.29 is 9.21 Å². The van der Waals surface area contributed by atoms with Crippen molar-refractivity contribution in [2.45, 2.75) is 19.9 Å². The summed E-state index contributed by atoms with van der Waals surface area (Å²) in [6, 6.07) is 17.3. The molecule has 1 atom stereocenters. The van der Waals surface area contributed by atoms with Crippen LogP contribution < -0.4 is 10.3 Å². The number of carbonyl (C=O) groups is 1. The molecule has 0 aliphatic carbocycles. The fourth-order valence-electron chi connectivity index (χ4n) is 4.08. The van der Waals surface area contributed by atoms with E-state index in [0.29, 0.717) is 37.8 Å². The summed E-state index contributed by atoms with van der Waals surface area (Å²) in [5.74, 6) is -0.310. The standard InChI is InChI=1S/C25H17Cl2NO3/c1-13-10-17-20(11-14(13)2)31-24-21(23(17)29)22(15-8-9-18(26)19(27)12-15)28(25(24)30)16-6-4-3-5-7-16/h3-12,22H,1-2H3. The monoisotopic (exact) mass is 449 g/mol. The average molecular weight is 450 g/mol. The van der Waals surface area contributed by atoms with Crippen LogP contribution in [0.25, 0.3) is 11.0 Å². The van der Waals surface area contributed by atoms with Gasteiger partial charge in [-0.15, -0.1) is 0 Å². The van der Waals surface area contributed by atoms with Crippen LogP contribution in [0.4, 0.5) is 5.69 Å². The molecule has 5 rings (SSSR count). The highest BCUT2D eigenvalue weighted by Gasteiger charge is 2.43. The van der Waals surface area contributed by atoms with Crippen LogP contribution in [0.5, 0.6) is 0 Å². The molecule has 0 fully saturated rings. The normalized spacial score (nSPS) is 15.5. The maximum absolute atomic E-state index is 13.6. The number of fused-ring (bicyclic) bond motifs is 2. The van der Waals surface area contributed by atoms with Crippen LogP contribution in [0.2, 0.25) is 10.0 Å². The Kier molecular flexibility index (Phi) is 4.65. The molecule has 2 heterocycles. The SMILES string of the molecule is Cc1cc2oc3c(c(=O)c2cc1C)C(c1ccc(Cl)c(Cl)c1)N(c1ccccc1)C3=O. The van der Waals surface area contributed by atoms with E-state index >= 15 is 0 Å². The van der Waals surface area contributed by atoms with Gasteiger partial charge >= 0.3 is 0 Å². The summed E-state index contributed by atoms with van der Waals surface area (Å²) in [6.45, 7) is 3.89. The van der Waals surface area contributed by atoms with Crippen LogP contribution in [-0.2, 0) is 0 Å². The van der Waals surface area contributed by atoms with Crippen LogP contribution in [0, 0.1) is 13.8 Å². The number of anilines is 1. The molecule has 154 valence electrons. The number of benzene rings is 3. The number of carbonyl (C=O) groups excluding carboxylic acids is 1. The van der Waals surface area contributed by atoms with Crippen molar-refractivity contribution >= 4 is 45.8 Å². The Morgan fingerprint density at radius 1 is 0.871 bits per heavy atom. The van der Waals surface area contributed by atoms with Gasteiger partial charge in [0.25, 0.3) is 5.91 Å². The Hall–Kier alpha value is -3.08. The maximum atomic E-state index is 13.6. The molecule has 0 spiro atoms. The Bertz CT molecular complexity index is 1430. The van der Waals surface area contributed by atoms with Gasteiger partial charge < -0.3 is 4.42 Å². The lowest BCUT2D eigenvalue weighted by Crippen LogP contribution is -2.29. The van der Waals surface area contributed by atoms with Gasteiger partial charge in [-0.3, -0.25) is 14.5 Å². The summed E-state index contributed by atoms with van der Waals surface area (Å²) < 4.78 is 6.04. The smallest absolute Gasteiger partial charge is 0.295 e. The summed E-state index contributed by atoms with van der Waals surface area (Å²) in [6.07, 6.45) is 0. The number of amides is 1. The minimum absolute atomic E-state index is 0.0562. The predicted molar refractivity (Wildman–Crippen MR) is 124 cm³/mol. The third-order valence-corrected chi connectivity index (χ3v) is 6.52. The second kappa shape index (κ2) is 7.26. The van der Waals surface area contributed by atoms with Crippen molar-refractivity contribution in [1.29, 1.82) is 0 Å². The second-order valence-electron chi connectivity index (χ2n) is 7.69. The van der Waals surface area contributed by atoms with Crippen molar-refractivity contribution in [1.82, 2.24) is 0 Å². The van der Waals surface area contributed by atoms with Crippen molar-refractivity contribution in [3.8, 4) is 0 Å². The topological polar surface area (TPSA) is 50.5 Å². The fourth-order valence-corrected chi connectivity index (χ4v) is 4.39. The van der Waals surface area contributed by atoms with Gasteiger partial charge in [-0.2, -0.15) is 0 Å². The molecule has 1 aliphatic rings. The number of hydrogen-bond acceptors (Lipinski definition) is 3. The average Bonchev–Trinajstić information content (AvgIpc) is 3.05. The van der Waals surface area contributed by atoms with Crippen LogP contribution in [0.15, 0.2) is 69.9 Å². The number of aryl methyl sites for hydroxylation is 2. The van der Waals surface area contributed by atoms with Gasteiger partial charge in [0, 0.05) is 5.69 Å². The number of nitrogens with zero attached hydrogens (tertiary/aromatic N) is 1. The highest BCUT2D eigenvalue weighted by atomic mass is 35.5. The number of hydrogen-bond donors (Lipinski definition) is 0. The molecule has 3 aromatic carbocycles. The van der Waals surface area contributed by atoms with E-state index in [-0.39, 0.29) is 17.1 Å². The Balaban J connectivity index is 1.84. The van der Waals surface area contributed by atoms with Crippen molar-refractivity contribution in [2.24, 2.45) is 0 Å². The quantitative estimate of drug-likeness (QED) is 0.352. The van der Waals surface area contributed by atoms with Gasteiger partial charge in [-0.1, -0.05) is 47.5 Å². The fraction of sp³-hybridized carbons (Fsp3) is 0.120. The Labute approximate surface area is 188 Å².